The van der Waals surface area contributed by atoms with Gasteiger partial charge >= 0.3 is 12.8 Å². The van der Waals surface area contributed by atoms with Gasteiger partial charge in [0.1, 0.15) is 5.82 Å². The predicted octanol–water partition coefficient (Wildman–Crippen LogP) is 6.54. The van der Waals surface area contributed by atoms with Crippen molar-refractivity contribution in [3.8, 4) is 5.88 Å². The van der Waals surface area contributed by atoms with Crippen molar-refractivity contribution in [2.45, 2.75) is 40.5 Å². The molecule has 0 saturated heterocycles. The molecule has 1 amide bonds. The Kier molecular flexibility index (Phi) is 10.4. The Hall–Kier alpha value is -2.58. The SMILES string of the molecule is CCOP(=S)(OCC)Oc1cc(C)nc(C(C)C)n1.CN(C(=O)O)c1cccc2ccccc12. The van der Waals surface area contributed by atoms with Gasteiger partial charge in [0.2, 0.25) is 5.88 Å². The van der Waals surface area contributed by atoms with Gasteiger partial charge in [0, 0.05) is 41.9 Å². The lowest BCUT2D eigenvalue weighted by atomic mass is 10.1. The molecule has 0 atom stereocenters. The van der Waals surface area contributed by atoms with Gasteiger partial charge in [-0.1, -0.05) is 50.2 Å². The highest BCUT2D eigenvalue weighted by molar-refractivity contribution is 8.07. The molecule has 0 bridgehead atoms. The number of rotatable bonds is 8. The molecule has 2 aromatic carbocycles. The molecule has 0 aliphatic heterocycles. The lowest BCUT2D eigenvalue weighted by Gasteiger charge is -2.20. The van der Waals surface area contributed by atoms with Crippen molar-refractivity contribution in [1.29, 1.82) is 0 Å². The fraction of sp³-hybridized carbons (Fsp3) is 0.375. The average molecular weight is 506 g/mol. The first kappa shape index (κ1) is 27.7. The molecule has 0 aliphatic carbocycles. The van der Waals surface area contributed by atoms with Gasteiger partial charge in [0.05, 0.1) is 18.9 Å². The number of hydrogen-bond donors (Lipinski definition) is 1. The molecule has 184 valence electrons. The van der Waals surface area contributed by atoms with E-state index >= 15 is 0 Å². The number of aromatic nitrogens is 2. The third-order valence-corrected chi connectivity index (χ3v) is 6.97. The number of aryl methyl sites for hydroxylation is 1. The van der Waals surface area contributed by atoms with E-state index in [0.717, 1.165) is 22.3 Å². The van der Waals surface area contributed by atoms with Gasteiger partial charge in [-0.25, -0.2) is 9.78 Å². The molecule has 0 spiro atoms. The second kappa shape index (κ2) is 12.8. The molecule has 3 rings (SSSR count). The van der Waals surface area contributed by atoms with Crippen molar-refractivity contribution in [2.24, 2.45) is 0 Å². The van der Waals surface area contributed by atoms with Crippen LogP contribution in [0.5, 0.6) is 5.88 Å². The molecule has 0 radical (unpaired) electrons. The van der Waals surface area contributed by atoms with E-state index in [1.165, 1.54) is 4.90 Å². The van der Waals surface area contributed by atoms with Crippen LogP contribution < -0.4 is 9.42 Å². The van der Waals surface area contributed by atoms with Crippen molar-refractivity contribution in [3.05, 3.63) is 60.0 Å². The van der Waals surface area contributed by atoms with Crippen LogP contribution in [0.25, 0.3) is 10.8 Å². The minimum Gasteiger partial charge on any atom is -0.465 e. The van der Waals surface area contributed by atoms with Gasteiger partial charge in [-0.2, -0.15) is 4.98 Å². The summed E-state index contributed by atoms with van der Waals surface area (Å²) in [5, 5.41) is 10.9. The summed E-state index contributed by atoms with van der Waals surface area (Å²) in [5.41, 5.74) is 1.55. The summed E-state index contributed by atoms with van der Waals surface area (Å²) in [4.78, 5) is 20.8. The standard InChI is InChI=1S/C12H21N2O3PS.C12H11NO2/c1-6-15-18(19,16-7-2)17-11-8-10(5)13-12(14-11)9(3)4;1-13(12(14)15)11-8-4-6-9-5-2-3-7-10(9)11/h8-9H,6-7H2,1-5H3;2-8H,1H3,(H,14,15). The molecule has 3 aromatic rings. The molecule has 0 saturated carbocycles. The van der Waals surface area contributed by atoms with Crippen molar-refractivity contribution < 1.29 is 23.5 Å². The van der Waals surface area contributed by atoms with Crippen LogP contribution >= 0.6 is 6.72 Å². The lowest BCUT2D eigenvalue weighted by molar-refractivity contribution is 0.203. The van der Waals surface area contributed by atoms with E-state index < -0.39 is 12.8 Å². The first-order valence-electron chi connectivity index (χ1n) is 11.0. The highest BCUT2D eigenvalue weighted by Crippen LogP contribution is 2.49. The van der Waals surface area contributed by atoms with Crippen LogP contribution in [0.3, 0.4) is 0 Å². The quantitative estimate of drug-likeness (QED) is 0.345. The van der Waals surface area contributed by atoms with E-state index in [2.05, 4.69) is 9.97 Å². The lowest BCUT2D eigenvalue weighted by Crippen LogP contribution is -2.23. The maximum Gasteiger partial charge on any atom is 0.411 e. The largest absolute Gasteiger partial charge is 0.465 e. The Morgan fingerprint density at radius 1 is 1.09 bits per heavy atom. The summed E-state index contributed by atoms with van der Waals surface area (Å²) in [5.74, 6) is 1.37. The maximum atomic E-state index is 10.9. The Morgan fingerprint density at radius 2 is 1.71 bits per heavy atom. The number of hydrogen-bond acceptors (Lipinski definition) is 7. The molecule has 8 nitrogen and oxygen atoms in total. The number of carbonyl (C=O) groups is 1. The highest BCUT2D eigenvalue weighted by Gasteiger charge is 2.22. The summed E-state index contributed by atoms with van der Waals surface area (Å²) >= 11 is 5.32. The second-order valence-corrected chi connectivity index (χ2v) is 10.5. The first-order chi connectivity index (χ1) is 16.1. The molecule has 0 aliphatic rings. The maximum absolute atomic E-state index is 10.9. The average Bonchev–Trinajstić information content (AvgIpc) is 2.78. The van der Waals surface area contributed by atoms with Crippen LogP contribution in [0.1, 0.15) is 45.1 Å². The van der Waals surface area contributed by atoms with Crippen molar-refractivity contribution in [1.82, 2.24) is 9.97 Å². The summed E-state index contributed by atoms with van der Waals surface area (Å²) in [7, 11) is 1.55. The van der Waals surface area contributed by atoms with Gasteiger partial charge in [-0.15, -0.1) is 0 Å². The Bertz CT molecular complexity index is 1140. The molecular formula is C24H32N3O5PS. The van der Waals surface area contributed by atoms with E-state index in [0.29, 0.717) is 24.8 Å². The molecule has 1 N–H and O–H groups in total. The second-order valence-electron chi connectivity index (χ2n) is 7.57. The zero-order valence-corrected chi connectivity index (χ0v) is 22.1. The smallest absolute Gasteiger partial charge is 0.411 e. The van der Waals surface area contributed by atoms with Crippen molar-refractivity contribution in [2.75, 3.05) is 25.2 Å². The monoisotopic (exact) mass is 505 g/mol. The van der Waals surface area contributed by atoms with E-state index in [-0.39, 0.29) is 5.92 Å². The number of benzene rings is 2. The fourth-order valence-corrected chi connectivity index (χ4v) is 4.99. The van der Waals surface area contributed by atoms with Crippen LogP contribution in [0.2, 0.25) is 0 Å². The number of nitrogens with zero attached hydrogens (tertiary/aromatic N) is 3. The summed E-state index contributed by atoms with van der Waals surface area (Å²) in [6.45, 7) is 7.78. The zero-order chi connectivity index (χ0) is 25.3. The highest BCUT2D eigenvalue weighted by atomic mass is 32.5. The summed E-state index contributed by atoms with van der Waals surface area (Å²) in [6, 6.07) is 15.1. The molecule has 0 fully saturated rings. The normalized spacial score (nSPS) is 11.1. The molecule has 1 aromatic heterocycles. The van der Waals surface area contributed by atoms with Gasteiger partial charge < -0.3 is 9.63 Å². The van der Waals surface area contributed by atoms with Crippen molar-refractivity contribution in [3.63, 3.8) is 0 Å². The van der Waals surface area contributed by atoms with E-state index in [1.807, 2.05) is 71.0 Å². The van der Waals surface area contributed by atoms with Gasteiger partial charge in [-0.05, 0) is 32.2 Å². The molecule has 1 heterocycles. The molecular weight excluding hydrogens is 473 g/mol. The van der Waals surface area contributed by atoms with E-state index in [9.17, 15) is 4.79 Å². The number of amides is 1. The summed E-state index contributed by atoms with van der Waals surface area (Å²) < 4.78 is 16.6. The van der Waals surface area contributed by atoms with E-state index in [4.69, 9.17) is 30.5 Å². The van der Waals surface area contributed by atoms with Crippen LogP contribution in [-0.2, 0) is 20.9 Å². The third-order valence-electron chi connectivity index (χ3n) is 4.56. The number of fused-ring (bicyclic) bond motifs is 1. The zero-order valence-electron chi connectivity index (χ0n) is 20.4. The van der Waals surface area contributed by atoms with Crippen LogP contribution in [-0.4, -0.2) is 41.4 Å². The Morgan fingerprint density at radius 3 is 2.29 bits per heavy atom. The topological polar surface area (TPSA) is 94.0 Å². The Balaban J connectivity index is 0.000000246. The predicted molar refractivity (Wildman–Crippen MR) is 139 cm³/mol. The fourth-order valence-electron chi connectivity index (χ4n) is 2.99. The Labute approximate surface area is 206 Å². The molecule has 10 heteroatoms. The first-order valence-corrected chi connectivity index (χ1v) is 13.5. The third kappa shape index (κ3) is 7.74. The van der Waals surface area contributed by atoms with Crippen molar-refractivity contribution >= 4 is 41.1 Å². The number of anilines is 1. The minimum absolute atomic E-state index is 0.222. The van der Waals surface area contributed by atoms with Gasteiger partial charge in [-0.3, -0.25) is 13.9 Å². The van der Waals surface area contributed by atoms with Gasteiger partial charge in [0.15, 0.2) is 0 Å². The van der Waals surface area contributed by atoms with Crippen LogP contribution in [0, 0.1) is 6.92 Å². The minimum atomic E-state index is -2.77. The summed E-state index contributed by atoms with van der Waals surface area (Å²) in [6.07, 6.45) is -0.952. The number of carboxylic acid groups (broad SMARTS) is 1. The van der Waals surface area contributed by atoms with E-state index in [1.54, 1.807) is 19.2 Å². The van der Waals surface area contributed by atoms with Gasteiger partial charge in [0.25, 0.3) is 0 Å². The molecule has 0 unspecified atom stereocenters. The van der Waals surface area contributed by atoms with Crippen LogP contribution in [0.4, 0.5) is 10.5 Å². The molecule has 34 heavy (non-hydrogen) atoms. The van der Waals surface area contributed by atoms with Crippen LogP contribution in [0.15, 0.2) is 48.5 Å².